The van der Waals surface area contributed by atoms with Gasteiger partial charge >= 0.3 is 0 Å². The summed E-state index contributed by atoms with van der Waals surface area (Å²) in [4.78, 5) is 14.0. The first kappa shape index (κ1) is 16.7. The Labute approximate surface area is 151 Å². The second-order valence-electron chi connectivity index (χ2n) is 5.85. The molecule has 0 radical (unpaired) electrons. The summed E-state index contributed by atoms with van der Waals surface area (Å²) >= 11 is 0. The largest absolute Gasteiger partial charge is 0.361 e. The van der Waals surface area contributed by atoms with Gasteiger partial charge in [0.05, 0.1) is 0 Å². The summed E-state index contributed by atoms with van der Waals surface area (Å²) in [5, 5.41) is 18.6. The van der Waals surface area contributed by atoms with Crippen molar-refractivity contribution in [1.29, 1.82) is 10.5 Å². The standard InChI is InChI=1S/C18H14N8/c1-21-17-15(9-19)23(3)11-25(17)13-6-5-7-14(8-13)26-12-24(4)16(10-20)18(26)22-2/h5-8H,11-12H2,3-4H3. The molecule has 1 aromatic carbocycles. The van der Waals surface area contributed by atoms with Crippen molar-refractivity contribution in [2.24, 2.45) is 0 Å². The zero-order valence-electron chi connectivity index (χ0n) is 14.3. The fourth-order valence-corrected chi connectivity index (χ4v) is 3.03. The van der Waals surface area contributed by atoms with Gasteiger partial charge in [-0.25, -0.2) is 0 Å². The van der Waals surface area contributed by atoms with Gasteiger partial charge in [-0.05, 0) is 12.1 Å². The minimum atomic E-state index is 0.282. The van der Waals surface area contributed by atoms with Crippen LogP contribution in [0.3, 0.4) is 0 Å². The predicted molar refractivity (Wildman–Crippen MR) is 95.1 cm³/mol. The molecule has 0 fully saturated rings. The third-order valence-corrected chi connectivity index (χ3v) is 4.28. The molecule has 0 spiro atoms. The van der Waals surface area contributed by atoms with Crippen LogP contribution in [0.2, 0.25) is 0 Å². The number of benzene rings is 1. The lowest BCUT2D eigenvalue weighted by atomic mass is 10.2. The van der Waals surface area contributed by atoms with Crippen LogP contribution in [0.4, 0.5) is 11.4 Å². The van der Waals surface area contributed by atoms with Gasteiger partial charge in [-0.2, -0.15) is 10.5 Å². The number of rotatable bonds is 2. The number of anilines is 2. The SMILES string of the molecule is [C-]#[N+]C1=C(C#N)N(C)CN1c1cccc(N2CN(C)C(C#N)=C2[N+]#[C-])c1. The van der Waals surface area contributed by atoms with Crippen LogP contribution in [-0.2, 0) is 0 Å². The zero-order valence-corrected chi connectivity index (χ0v) is 14.3. The maximum absolute atomic E-state index is 9.28. The summed E-state index contributed by atoms with van der Waals surface area (Å²) in [6.45, 7) is 15.6. The van der Waals surface area contributed by atoms with Crippen LogP contribution >= 0.6 is 0 Å². The lowest BCUT2D eigenvalue weighted by molar-refractivity contribution is 0.473. The number of nitrogens with zero attached hydrogens (tertiary/aromatic N) is 8. The molecule has 0 saturated carbocycles. The van der Waals surface area contributed by atoms with E-state index in [0.717, 1.165) is 11.4 Å². The van der Waals surface area contributed by atoms with E-state index in [0.29, 0.717) is 24.7 Å². The molecule has 2 aliphatic rings. The second kappa shape index (κ2) is 6.40. The number of hydrogen-bond acceptors (Lipinski definition) is 6. The van der Waals surface area contributed by atoms with Gasteiger partial charge in [-0.3, -0.25) is 9.80 Å². The molecule has 0 aliphatic carbocycles. The van der Waals surface area contributed by atoms with E-state index in [1.165, 1.54) is 0 Å². The molecule has 0 bridgehead atoms. The molecule has 0 atom stereocenters. The molecule has 2 heterocycles. The normalized spacial score (nSPS) is 16.5. The Balaban J connectivity index is 2.02. The van der Waals surface area contributed by atoms with E-state index in [2.05, 4.69) is 21.8 Å². The van der Waals surface area contributed by atoms with Crippen molar-refractivity contribution < 1.29 is 0 Å². The Morgan fingerprint density at radius 1 is 0.885 bits per heavy atom. The molecule has 0 unspecified atom stereocenters. The fraction of sp³-hybridized carbons (Fsp3) is 0.222. The van der Waals surface area contributed by atoms with E-state index in [9.17, 15) is 10.5 Å². The van der Waals surface area contributed by atoms with Crippen LogP contribution in [0.25, 0.3) is 9.69 Å². The van der Waals surface area contributed by atoms with Gasteiger partial charge < -0.3 is 19.5 Å². The van der Waals surface area contributed by atoms with Crippen LogP contribution in [0, 0.1) is 35.8 Å². The van der Waals surface area contributed by atoms with Gasteiger partial charge in [0, 0.05) is 20.2 Å². The topological polar surface area (TPSA) is 69.3 Å². The average Bonchev–Trinajstić information content (AvgIpc) is 3.17. The Morgan fingerprint density at radius 3 is 1.65 bits per heavy atom. The maximum atomic E-state index is 9.28. The molecule has 26 heavy (non-hydrogen) atoms. The minimum Gasteiger partial charge on any atom is -0.361 e. The van der Waals surface area contributed by atoms with E-state index < -0.39 is 0 Å². The van der Waals surface area contributed by atoms with Crippen LogP contribution in [0.1, 0.15) is 0 Å². The monoisotopic (exact) mass is 342 g/mol. The van der Waals surface area contributed by atoms with Crippen molar-refractivity contribution in [3.63, 3.8) is 0 Å². The number of allylic oxidation sites excluding steroid dienone is 2. The lowest BCUT2D eigenvalue weighted by Gasteiger charge is -2.20. The van der Waals surface area contributed by atoms with E-state index in [1.807, 2.05) is 24.3 Å². The first-order chi connectivity index (χ1) is 12.5. The van der Waals surface area contributed by atoms with Crippen molar-refractivity contribution in [3.05, 3.63) is 70.1 Å². The summed E-state index contributed by atoms with van der Waals surface area (Å²) in [5.74, 6) is 0.564. The fourth-order valence-electron chi connectivity index (χ4n) is 3.03. The predicted octanol–water partition coefficient (Wildman–Crippen LogP) is 2.33. The summed E-state index contributed by atoms with van der Waals surface area (Å²) in [6.07, 6.45) is 0. The average molecular weight is 342 g/mol. The second-order valence-corrected chi connectivity index (χ2v) is 5.85. The summed E-state index contributed by atoms with van der Waals surface area (Å²) in [6, 6.07) is 11.5. The van der Waals surface area contributed by atoms with Crippen molar-refractivity contribution in [1.82, 2.24) is 9.80 Å². The molecule has 0 amide bonds. The maximum Gasteiger partial charge on any atom is 0.265 e. The van der Waals surface area contributed by atoms with Crippen LogP contribution in [0.5, 0.6) is 0 Å². The van der Waals surface area contributed by atoms with E-state index in [1.54, 1.807) is 33.7 Å². The molecule has 3 rings (SSSR count). The van der Waals surface area contributed by atoms with Gasteiger partial charge in [0.15, 0.2) is 0 Å². The smallest absolute Gasteiger partial charge is 0.265 e. The summed E-state index contributed by atoms with van der Waals surface area (Å²) in [5.41, 5.74) is 2.17. The first-order valence-electron chi connectivity index (χ1n) is 7.66. The van der Waals surface area contributed by atoms with Gasteiger partial charge in [0.2, 0.25) is 0 Å². The van der Waals surface area contributed by atoms with Crippen molar-refractivity contribution in [3.8, 4) is 12.1 Å². The molecule has 0 saturated heterocycles. The van der Waals surface area contributed by atoms with Crippen molar-refractivity contribution >= 4 is 11.4 Å². The molecule has 1 aromatic rings. The minimum absolute atomic E-state index is 0.282. The summed E-state index contributed by atoms with van der Waals surface area (Å²) in [7, 11) is 3.53. The number of nitriles is 2. The molecule has 8 heteroatoms. The molecule has 8 nitrogen and oxygen atoms in total. The molecular weight excluding hydrogens is 328 g/mol. The third kappa shape index (κ3) is 2.44. The van der Waals surface area contributed by atoms with Gasteiger partial charge in [0.25, 0.3) is 11.6 Å². The Hall–Kier alpha value is -4.14. The first-order valence-corrected chi connectivity index (χ1v) is 7.66. The van der Waals surface area contributed by atoms with E-state index in [-0.39, 0.29) is 11.6 Å². The Bertz CT molecular complexity index is 914. The van der Waals surface area contributed by atoms with Gasteiger partial charge in [-0.1, -0.05) is 19.2 Å². The Morgan fingerprint density at radius 2 is 1.31 bits per heavy atom. The highest BCUT2D eigenvalue weighted by Crippen LogP contribution is 2.34. The highest BCUT2D eigenvalue weighted by atomic mass is 15.4. The number of hydrogen-bond donors (Lipinski definition) is 0. The molecule has 2 aliphatic heterocycles. The van der Waals surface area contributed by atoms with E-state index >= 15 is 0 Å². The molecular formula is C18H14N8. The van der Waals surface area contributed by atoms with Crippen molar-refractivity contribution in [2.75, 3.05) is 37.2 Å². The quantitative estimate of drug-likeness (QED) is 0.769. The summed E-state index contributed by atoms with van der Waals surface area (Å²) < 4.78 is 0. The zero-order chi connectivity index (χ0) is 18.8. The molecule has 126 valence electrons. The highest BCUT2D eigenvalue weighted by Gasteiger charge is 2.33. The van der Waals surface area contributed by atoms with Gasteiger partial charge in [-0.15, -0.1) is 0 Å². The van der Waals surface area contributed by atoms with Crippen molar-refractivity contribution in [2.45, 2.75) is 0 Å². The van der Waals surface area contributed by atoms with Crippen LogP contribution in [-0.4, -0.2) is 37.2 Å². The van der Waals surface area contributed by atoms with Crippen LogP contribution in [0.15, 0.2) is 47.3 Å². The van der Waals surface area contributed by atoms with Crippen LogP contribution < -0.4 is 9.80 Å². The van der Waals surface area contributed by atoms with Gasteiger partial charge in [0.1, 0.15) is 48.2 Å². The molecule has 0 aromatic heterocycles. The lowest BCUT2D eigenvalue weighted by Crippen LogP contribution is -2.26. The van der Waals surface area contributed by atoms with E-state index in [4.69, 9.17) is 13.1 Å². The highest BCUT2D eigenvalue weighted by molar-refractivity contribution is 5.68. The Kier molecular flexibility index (Phi) is 4.11. The molecule has 0 N–H and O–H groups in total. The third-order valence-electron chi connectivity index (χ3n) is 4.28.